The fourth-order valence-corrected chi connectivity index (χ4v) is 2.76. The molecule has 0 amide bonds. The van der Waals surface area contributed by atoms with Crippen LogP contribution in [0.5, 0.6) is 17.2 Å². The van der Waals surface area contributed by atoms with E-state index in [2.05, 4.69) is 0 Å². The van der Waals surface area contributed by atoms with Crippen molar-refractivity contribution in [2.24, 2.45) is 0 Å². The van der Waals surface area contributed by atoms with Crippen LogP contribution in [0.15, 0.2) is 28.7 Å². The lowest BCUT2D eigenvalue weighted by atomic mass is 9.78. The molecule has 5 nitrogen and oxygen atoms in total. The molecule has 4 radical (unpaired) electrons. The molecular weight excluding hydrogens is 318 g/mol. The van der Waals surface area contributed by atoms with Gasteiger partial charge in [-0.25, -0.2) is 0 Å². The number of carbonyl (C=O) groups is 1. The molecule has 7 heteroatoms. The van der Waals surface area contributed by atoms with Gasteiger partial charge in [0.2, 0.25) is 0 Å². The van der Waals surface area contributed by atoms with Gasteiger partial charge in [0, 0.05) is 12.0 Å². The Bertz CT molecular complexity index is 974. The van der Waals surface area contributed by atoms with Gasteiger partial charge in [0.15, 0.2) is 17.1 Å². The maximum Gasteiger partial charge on any atom is 0.197 e. The number of ether oxygens (including phenoxy) is 1. The van der Waals surface area contributed by atoms with Crippen molar-refractivity contribution < 1.29 is 24.2 Å². The Balaban J connectivity index is 2.28. The summed E-state index contributed by atoms with van der Waals surface area (Å²) in [6, 6.07) is 6.53. The van der Waals surface area contributed by atoms with Crippen LogP contribution in [-0.2, 0) is 6.42 Å². The quantitative estimate of drug-likeness (QED) is 0.427. The first-order valence-electron chi connectivity index (χ1n) is 7.63. The van der Waals surface area contributed by atoms with Gasteiger partial charge in [-0.2, -0.15) is 0 Å². The third kappa shape index (κ3) is 2.56. The third-order valence-corrected chi connectivity index (χ3v) is 4.13. The summed E-state index contributed by atoms with van der Waals surface area (Å²) in [6.07, 6.45) is 0.380. The molecule has 0 aliphatic heterocycles. The zero-order chi connectivity index (χ0) is 18.3. The van der Waals surface area contributed by atoms with Gasteiger partial charge in [-0.15, -0.1) is 0 Å². The van der Waals surface area contributed by atoms with Gasteiger partial charge < -0.3 is 19.4 Å². The van der Waals surface area contributed by atoms with E-state index in [0.29, 0.717) is 23.5 Å². The first-order valence-corrected chi connectivity index (χ1v) is 7.63. The molecule has 2 aromatic carbocycles. The van der Waals surface area contributed by atoms with E-state index in [1.807, 2.05) is 0 Å². The number of phenolic OH excluding ortho intramolecular Hbond substituents is 2. The van der Waals surface area contributed by atoms with Crippen molar-refractivity contribution in [1.82, 2.24) is 0 Å². The number of aromatic hydroxyl groups is 2. The van der Waals surface area contributed by atoms with Crippen LogP contribution in [0.25, 0.3) is 11.0 Å². The van der Waals surface area contributed by atoms with Crippen LogP contribution in [0, 0.1) is 0 Å². The molecule has 0 aliphatic carbocycles. The molecule has 1 aromatic heterocycles. The van der Waals surface area contributed by atoms with Crippen LogP contribution < -0.4 is 15.7 Å². The monoisotopic (exact) mass is 332 g/mol. The highest BCUT2D eigenvalue weighted by molar-refractivity contribution is 6.52. The minimum Gasteiger partial charge on any atom is -0.508 e. The van der Waals surface area contributed by atoms with Crippen molar-refractivity contribution in [2.45, 2.75) is 13.3 Å². The van der Waals surface area contributed by atoms with Crippen molar-refractivity contribution >= 4 is 43.4 Å². The first kappa shape index (κ1) is 17.0. The molecule has 0 saturated heterocycles. The number of furan rings is 1. The number of methoxy groups -OCH3 is 1. The zero-order valence-electron chi connectivity index (χ0n) is 13.8. The van der Waals surface area contributed by atoms with E-state index in [1.54, 1.807) is 31.2 Å². The third-order valence-electron chi connectivity index (χ3n) is 4.13. The standard InChI is InChI=1S/C18H14B2O5/c1-3-10-11(15(21)8-4-6-9(24-2)7-5-8)12-16(22)13(19)14(20)17(23)18(12)25-10/h4-7,22-23H,3H2,1-2H3. The number of hydrogen-bond acceptors (Lipinski definition) is 5. The lowest BCUT2D eigenvalue weighted by molar-refractivity contribution is 0.103. The van der Waals surface area contributed by atoms with Crippen molar-refractivity contribution in [3.63, 3.8) is 0 Å². The van der Waals surface area contributed by atoms with Gasteiger partial charge in [0.05, 0.1) is 18.1 Å². The summed E-state index contributed by atoms with van der Waals surface area (Å²) in [4.78, 5) is 13.0. The number of rotatable bonds is 4. The summed E-state index contributed by atoms with van der Waals surface area (Å²) in [5.41, 5.74) is 0.0923. The van der Waals surface area contributed by atoms with Crippen molar-refractivity contribution in [1.29, 1.82) is 0 Å². The number of hydrogen-bond donors (Lipinski definition) is 2. The SMILES string of the molecule is [B]c1c([B])c(O)c2c(C(=O)c3ccc(OC)cc3)c(CC)oc2c1O. The minimum absolute atomic E-state index is 0.0573. The van der Waals surface area contributed by atoms with Crippen LogP contribution in [0.2, 0.25) is 0 Å². The number of carbonyl (C=O) groups excluding carboxylic acids is 1. The fourth-order valence-electron chi connectivity index (χ4n) is 2.76. The highest BCUT2D eigenvalue weighted by Gasteiger charge is 2.27. The Morgan fingerprint density at radius 2 is 1.72 bits per heavy atom. The summed E-state index contributed by atoms with van der Waals surface area (Å²) in [5.74, 6) is -0.204. The smallest absolute Gasteiger partial charge is 0.197 e. The van der Waals surface area contributed by atoms with Crippen LogP contribution in [0.1, 0.15) is 28.6 Å². The van der Waals surface area contributed by atoms with Gasteiger partial charge in [-0.3, -0.25) is 4.79 Å². The summed E-state index contributed by atoms with van der Waals surface area (Å²) in [6.45, 7) is 1.79. The van der Waals surface area contributed by atoms with E-state index in [-0.39, 0.29) is 39.0 Å². The second-order valence-electron chi connectivity index (χ2n) is 5.54. The summed E-state index contributed by atoms with van der Waals surface area (Å²) in [7, 11) is 12.9. The Kier molecular flexibility index (Phi) is 4.25. The van der Waals surface area contributed by atoms with Crippen LogP contribution in [0.3, 0.4) is 0 Å². The molecule has 0 atom stereocenters. The van der Waals surface area contributed by atoms with Gasteiger partial charge in [-0.1, -0.05) is 17.8 Å². The number of aryl methyl sites for hydroxylation is 1. The van der Waals surface area contributed by atoms with E-state index < -0.39 is 5.75 Å². The molecule has 1 heterocycles. The predicted molar refractivity (Wildman–Crippen MR) is 96.1 cm³/mol. The average molecular weight is 332 g/mol. The van der Waals surface area contributed by atoms with Crippen molar-refractivity contribution in [3.05, 3.63) is 41.2 Å². The van der Waals surface area contributed by atoms with Gasteiger partial charge in [0.25, 0.3) is 0 Å². The zero-order valence-corrected chi connectivity index (χ0v) is 13.8. The van der Waals surface area contributed by atoms with Gasteiger partial charge >= 0.3 is 0 Å². The van der Waals surface area contributed by atoms with E-state index in [4.69, 9.17) is 24.8 Å². The molecule has 0 unspecified atom stereocenters. The van der Waals surface area contributed by atoms with Gasteiger partial charge in [-0.05, 0) is 24.3 Å². The lowest BCUT2D eigenvalue weighted by Gasteiger charge is -2.09. The van der Waals surface area contributed by atoms with E-state index in [9.17, 15) is 15.0 Å². The highest BCUT2D eigenvalue weighted by Crippen LogP contribution is 2.37. The summed E-state index contributed by atoms with van der Waals surface area (Å²) < 4.78 is 10.7. The molecule has 0 aliphatic rings. The molecule has 122 valence electrons. The number of ketones is 1. The van der Waals surface area contributed by atoms with Crippen LogP contribution >= 0.6 is 0 Å². The number of benzene rings is 2. The topological polar surface area (TPSA) is 79.9 Å². The van der Waals surface area contributed by atoms with E-state index in [0.717, 1.165) is 0 Å². The van der Waals surface area contributed by atoms with Crippen LogP contribution in [-0.4, -0.2) is 38.8 Å². The molecule has 0 fully saturated rings. The lowest BCUT2D eigenvalue weighted by Crippen LogP contribution is -2.26. The second kappa shape index (κ2) is 6.24. The Morgan fingerprint density at radius 3 is 2.28 bits per heavy atom. The number of phenols is 2. The molecule has 25 heavy (non-hydrogen) atoms. The van der Waals surface area contributed by atoms with E-state index in [1.165, 1.54) is 7.11 Å². The largest absolute Gasteiger partial charge is 0.508 e. The summed E-state index contributed by atoms with van der Waals surface area (Å²) >= 11 is 0. The highest BCUT2D eigenvalue weighted by atomic mass is 16.5. The van der Waals surface area contributed by atoms with E-state index >= 15 is 0 Å². The number of fused-ring (bicyclic) bond motifs is 1. The van der Waals surface area contributed by atoms with Crippen molar-refractivity contribution in [2.75, 3.05) is 7.11 Å². The Morgan fingerprint density at radius 1 is 1.12 bits per heavy atom. The van der Waals surface area contributed by atoms with Crippen molar-refractivity contribution in [3.8, 4) is 17.2 Å². The molecule has 2 N–H and O–H groups in total. The maximum absolute atomic E-state index is 13.0. The Hall–Kier alpha value is -2.82. The molecule has 0 saturated carbocycles. The Labute approximate surface area is 147 Å². The molecule has 0 spiro atoms. The molecule has 3 aromatic rings. The molecule has 3 rings (SSSR count). The average Bonchev–Trinajstić information content (AvgIpc) is 3.04. The molecule has 0 bridgehead atoms. The summed E-state index contributed by atoms with van der Waals surface area (Å²) in [5, 5.41) is 20.6. The minimum atomic E-state index is -0.395. The maximum atomic E-state index is 13.0. The van der Waals surface area contributed by atoms with Crippen LogP contribution in [0.4, 0.5) is 0 Å². The molecular formula is C18H14B2O5. The van der Waals surface area contributed by atoms with Gasteiger partial charge in [0.1, 0.15) is 33.0 Å². The normalized spacial score (nSPS) is 11.0. The second-order valence-corrected chi connectivity index (χ2v) is 5.54. The predicted octanol–water partition coefficient (Wildman–Crippen LogP) is 1.23. The fraction of sp³-hybridized carbons (Fsp3) is 0.167. The first-order chi connectivity index (χ1) is 11.9.